The predicted molar refractivity (Wildman–Crippen MR) is 81.1 cm³/mol. The van der Waals surface area contributed by atoms with Crippen molar-refractivity contribution in [3.8, 4) is 0 Å². The van der Waals surface area contributed by atoms with Crippen molar-refractivity contribution in [2.45, 2.75) is 58.4 Å². The zero-order valence-electron chi connectivity index (χ0n) is 11.7. The summed E-state index contributed by atoms with van der Waals surface area (Å²) in [6.45, 7) is 4.51. The van der Waals surface area contributed by atoms with E-state index in [9.17, 15) is 0 Å². The summed E-state index contributed by atoms with van der Waals surface area (Å²) < 4.78 is 0. The van der Waals surface area contributed by atoms with Gasteiger partial charge in [-0.25, -0.2) is 0 Å². The zero-order valence-corrected chi connectivity index (χ0v) is 12.4. The summed E-state index contributed by atoms with van der Waals surface area (Å²) in [7, 11) is 0. The van der Waals surface area contributed by atoms with Crippen molar-refractivity contribution < 1.29 is 0 Å². The number of unbranched alkanes of at least 4 members (excludes halogenated alkanes) is 1. The SMILES string of the molecule is CCCCC(CC)CC(N)Cc1ccccc1Cl. The van der Waals surface area contributed by atoms with Gasteiger partial charge in [0, 0.05) is 11.1 Å². The van der Waals surface area contributed by atoms with Crippen LogP contribution in [0.2, 0.25) is 5.02 Å². The van der Waals surface area contributed by atoms with Crippen LogP contribution in [0.3, 0.4) is 0 Å². The van der Waals surface area contributed by atoms with E-state index >= 15 is 0 Å². The highest BCUT2D eigenvalue weighted by atomic mass is 35.5. The van der Waals surface area contributed by atoms with E-state index < -0.39 is 0 Å². The van der Waals surface area contributed by atoms with Gasteiger partial charge in [0.05, 0.1) is 0 Å². The minimum Gasteiger partial charge on any atom is -0.327 e. The van der Waals surface area contributed by atoms with Gasteiger partial charge in [-0.3, -0.25) is 0 Å². The van der Waals surface area contributed by atoms with Crippen LogP contribution < -0.4 is 5.73 Å². The van der Waals surface area contributed by atoms with Crippen LogP contribution in [0.15, 0.2) is 24.3 Å². The molecular weight excluding hydrogens is 242 g/mol. The van der Waals surface area contributed by atoms with E-state index in [-0.39, 0.29) is 6.04 Å². The molecule has 0 aliphatic rings. The highest BCUT2D eigenvalue weighted by Gasteiger charge is 2.13. The maximum Gasteiger partial charge on any atom is 0.0438 e. The first-order valence-electron chi connectivity index (χ1n) is 7.16. The Morgan fingerprint density at radius 2 is 1.94 bits per heavy atom. The number of hydrogen-bond donors (Lipinski definition) is 1. The van der Waals surface area contributed by atoms with Gasteiger partial charge < -0.3 is 5.73 Å². The summed E-state index contributed by atoms with van der Waals surface area (Å²) in [5.41, 5.74) is 7.44. The maximum absolute atomic E-state index is 6.26. The number of rotatable bonds is 8. The lowest BCUT2D eigenvalue weighted by atomic mass is 9.90. The Hall–Kier alpha value is -0.530. The molecule has 2 N–H and O–H groups in total. The molecule has 0 aromatic heterocycles. The molecule has 0 saturated carbocycles. The fourth-order valence-corrected chi connectivity index (χ4v) is 2.65. The van der Waals surface area contributed by atoms with Gasteiger partial charge in [-0.05, 0) is 30.4 Å². The van der Waals surface area contributed by atoms with Crippen LogP contribution in [0, 0.1) is 5.92 Å². The lowest BCUT2D eigenvalue weighted by Crippen LogP contribution is -2.26. The van der Waals surface area contributed by atoms with Crippen molar-refractivity contribution >= 4 is 11.6 Å². The van der Waals surface area contributed by atoms with Gasteiger partial charge in [0.1, 0.15) is 0 Å². The summed E-state index contributed by atoms with van der Waals surface area (Å²) in [6.07, 6.45) is 7.14. The summed E-state index contributed by atoms with van der Waals surface area (Å²) >= 11 is 6.17. The average molecular weight is 268 g/mol. The molecule has 2 atom stereocenters. The minimum absolute atomic E-state index is 0.228. The molecule has 1 aromatic rings. The number of nitrogens with two attached hydrogens (primary N) is 1. The summed E-state index contributed by atoms with van der Waals surface area (Å²) in [6, 6.07) is 8.25. The molecule has 1 aromatic carbocycles. The van der Waals surface area contributed by atoms with Gasteiger partial charge in [0.15, 0.2) is 0 Å². The Morgan fingerprint density at radius 1 is 1.22 bits per heavy atom. The molecular formula is C16H26ClN. The molecule has 0 spiro atoms. The molecule has 0 aliphatic heterocycles. The topological polar surface area (TPSA) is 26.0 Å². The van der Waals surface area contributed by atoms with E-state index in [0.29, 0.717) is 0 Å². The quantitative estimate of drug-likeness (QED) is 0.718. The number of benzene rings is 1. The van der Waals surface area contributed by atoms with Crippen LogP contribution in [-0.2, 0) is 6.42 Å². The second kappa shape index (κ2) is 8.55. The summed E-state index contributed by atoms with van der Waals surface area (Å²) in [5, 5.41) is 0.842. The van der Waals surface area contributed by atoms with Gasteiger partial charge in [-0.1, -0.05) is 69.3 Å². The van der Waals surface area contributed by atoms with Gasteiger partial charge in [-0.2, -0.15) is 0 Å². The van der Waals surface area contributed by atoms with Crippen molar-refractivity contribution in [2.24, 2.45) is 11.7 Å². The fraction of sp³-hybridized carbons (Fsp3) is 0.625. The largest absolute Gasteiger partial charge is 0.327 e. The lowest BCUT2D eigenvalue weighted by Gasteiger charge is -2.20. The van der Waals surface area contributed by atoms with Gasteiger partial charge in [0.25, 0.3) is 0 Å². The predicted octanol–water partition coefficient (Wildman–Crippen LogP) is 4.82. The van der Waals surface area contributed by atoms with Crippen LogP contribution in [-0.4, -0.2) is 6.04 Å². The van der Waals surface area contributed by atoms with E-state index in [0.717, 1.165) is 23.8 Å². The van der Waals surface area contributed by atoms with Gasteiger partial charge in [-0.15, -0.1) is 0 Å². The van der Waals surface area contributed by atoms with Crippen LogP contribution >= 0.6 is 11.6 Å². The van der Waals surface area contributed by atoms with E-state index in [2.05, 4.69) is 19.9 Å². The van der Waals surface area contributed by atoms with E-state index in [1.54, 1.807) is 0 Å². The molecule has 0 fully saturated rings. The molecule has 1 nitrogen and oxygen atoms in total. The van der Waals surface area contributed by atoms with E-state index in [1.807, 2.05) is 18.2 Å². The standard InChI is InChI=1S/C16H26ClN/c1-3-5-8-13(4-2)11-15(18)12-14-9-6-7-10-16(14)17/h6-7,9-10,13,15H,3-5,8,11-12,18H2,1-2H3. The Labute approximate surface area is 117 Å². The third-order valence-electron chi connectivity index (χ3n) is 3.62. The van der Waals surface area contributed by atoms with Crippen LogP contribution in [0.1, 0.15) is 51.5 Å². The molecule has 2 unspecified atom stereocenters. The second-order valence-corrected chi connectivity index (χ2v) is 5.62. The molecule has 0 bridgehead atoms. The molecule has 18 heavy (non-hydrogen) atoms. The van der Waals surface area contributed by atoms with Crippen molar-refractivity contribution in [3.05, 3.63) is 34.9 Å². The molecule has 0 saturated heterocycles. The molecule has 1 rings (SSSR count). The Balaban J connectivity index is 2.45. The first kappa shape index (κ1) is 15.5. The van der Waals surface area contributed by atoms with Crippen molar-refractivity contribution in [1.82, 2.24) is 0 Å². The third-order valence-corrected chi connectivity index (χ3v) is 3.99. The van der Waals surface area contributed by atoms with Crippen LogP contribution in [0.4, 0.5) is 0 Å². The zero-order chi connectivity index (χ0) is 13.4. The monoisotopic (exact) mass is 267 g/mol. The minimum atomic E-state index is 0.228. The Morgan fingerprint density at radius 3 is 2.56 bits per heavy atom. The molecule has 0 radical (unpaired) electrons. The normalized spacial score (nSPS) is 14.4. The van der Waals surface area contributed by atoms with Crippen LogP contribution in [0.25, 0.3) is 0 Å². The van der Waals surface area contributed by atoms with Gasteiger partial charge in [0.2, 0.25) is 0 Å². The van der Waals surface area contributed by atoms with Crippen molar-refractivity contribution in [3.63, 3.8) is 0 Å². The maximum atomic E-state index is 6.26. The average Bonchev–Trinajstić information content (AvgIpc) is 2.37. The summed E-state index contributed by atoms with van der Waals surface area (Å²) in [4.78, 5) is 0. The smallest absolute Gasteiger partial charge is 0.0438 e. The van der Waals surface area contributed by atoms with Crippen molar-refractivity contribution in [2.75, 3.05) is 0 Å². The highest BCUT2D eigenvalue weighted by Crippen LogP contribution is 2.22. The molecule has 0 amide bonds. The summed E-state index contributed by atoms with van der Waals surface area (Å²) in [5.74, 6) is 0.766. The second-order valence-electron chi connectivity index (χ2n) is 5.21. The Bertz CT molecular complexity index is 338. The molecule has 102 valence electrons. The van der Waals surface area contributed by atoms with E-state index in [1.165, 1.54) is 31.2 Å². The first-order valence-corrected chi connectivity index (χ1v) is 7.54. The Kier molecular flexibility index (Phi) is 7.38. The van der Waals surface area contributed by atoms with E-state index in [4.69, 9.17) is 17.3 Å². The third kappa shape index (κ3) is 5.41. The lowest BCUT2D eigenvalue weighted by molar-refractivity contribution is 0.383. The number of halogens is 1. The molecule has 2 heteroatoms. The van der Waals surface area contributed by atoms with Gasteiger partial charge >= 0.3 is 0 Å². The van der Waals surface area contributed by atoms with Crippen molar-refractivity contribution in [1.29, 1.82) is 0 Å². The molecule has 0 aliphatic carbocycles. The number of hydrogen-bond acceptors (Lipinski definition) is 1. The first-order chi connectivity index (χ1) is 8.67. The fourth-order valence-electron chi connectivity index (χ4n) is 2.44. The van der Waals surface area contributed by atoms with Crippen LogP contribution in [0.5, 0.6) is 0 Å². The highest BCUT2D eigenvalue weighted by molar-refractivity contribution is 6.31. The molecule has 0 heterocycles.